The van der Waals surface area contributed by atoms with Crippen LogP contribution in [-0.4, -0.2) is 15.8 Å². The van der Waals surface area contributed by atoms with Gasteiger partial charge in [-0.25, -0.2) is 0 Å². The highest BCUT2D eigenvalue weighted by Gasteiger charge is 2.11. The van der Waals surface area contributed by atoms with Crippen molar-refractivity contribution in [2.24, 2.45) is 7.05 Å². The maximum Gasteiger partial charge on any atom is 0.0568 e. The van der Waals surface area contributed by atoms with E-state index in [4.69, 9.17) is 0 Å². The van der Waals surface area contributed by atoms with Gasteiger partial charge in [0.2, 0.25) is 0 Å². The summed E-state index contributed by atoms with van der Waals surface area (Å²) >= 11 is 0. The summed E-state index contributed by atoms with van der Waals surface area (Å²) < 4.78 is 1.84. The van der Waals surface area contributed by atoms with E-state index in [0.717, 1.165) is 6.54 Å². The van der Waals surface area contributed by atoms with Crippen LogP contribution in [0, 0.1) is 0 Å². The standard InChI is InChI=1S/C18H25N3/c1-21-14-17(13-20-21)16-10-8-15(9-11-16)12-19-18-6-4-2-3-5-7-18/h8-11,13-14,18-19H,2-7,12H2,1H3. The second-order valence-electron chi connectivity index (χ2n) is 6.17. The van der Waals surface area contributed by atoms with Gasteiger partial charge >= 0.3 is 0 Å². The number of aryl methyl sites for hydroxylation is 1. The summed E-state index contributed by atoms with van der Waals surface area (Å²) in [5.74, 6) is 0. The first-order valence-electron chi connectivity index (χ1n) is 8.12. The topological polar surface area (TPSA) is 29.9 Å². The van der Waals surface area contributed by atoms with Gasteiger partial charge in [-0.05, 0) is 24.0 Å². The monoisotopic (exact) mass is 283 g/mol. The Morgan fingerprint density at radius 2 is 1.76 bits per heavy atom. The van der Waals surface area contributed by atoms with Gasteiger partial charge in [0, 0.05) is 31.4 Å². The van der Waals surface area contributed by atoms with Gasteiger partial charge in [0.1, 0.15) is 0 Å². The van der Waals surface area contributed by atoms with Gasteiger partial charge in [0.25, 0.3) is 0 Å². The fraction of sp³-hybridized carbons (Fsp3) is 0.500. The maximum absolute atomic E-state index is 4.23. The minimum Gasteiger partial charge on any atom is -0.310 e. The number of aromatic nitrogens is 2. The predicted molar refractivity (Wildman–Crippen MR) is 87.0 cm³/mol. The lowest BCUT2D eigenvalue weighted by Crippen LogP contribution is -2.27. The maximum atomic E-state index is 4.23. The Bertz CT molecular complexity index is 548. The molecule has 0 amide bonds. The molecular weight excluding hydrogens is 258 g/mol. The summed E-state index contributed by atoms with van der Waals surface area (Å²) in [6, 6.07) is 9.56. The first-order chi connectivity index (χ1) is 10.3. The van der Waals surface area contributed by atoms with Gasteiger partial charge in [-0.2, -0.15) is 5.10 Å². The Hall–Kier alpha value is -1.61. The number of rotatable bonds is 4. The molecule has 3 rings (SSSR count). The molecule has 0 spiro atoms. The van der Waals surface area contributed by atoms with Crippen LogP contribution < -0.4 is 5.32 Å². The largest absolute Gasteiger partial charge is 0.310 e. The Morgan fingerprint density at radius 1 is 1.05 bits per heavy atom. The third kappa shape index (κ3) is 3.94. The number of nitrogens with one attached hydrogen (secondary N) is 1. The number of hydrogen-bond acceptors (Lipinski definition) is 2. The Kier molecular flexibility index (Phi) is 4.71. The van der Waals surface area contributed by atoms with Crippen LogP contribution in [0.15, 0.2) is 36.7 Å². The van der Waals surface area contributed by atoms with Crippen LogP contribution in [0.25, 0.3) is 11.1 Å². The van der Waals surface area contributed by atoms with Crippen LogP contribution in [0.3, 0.4) is 0 Å². The van der Waals surface area contributed by atoms with Crippen LogP contribution >= 0.6 is 0 Å². The van der Waals surface area contributed by atoms with Gasteiger partial charge in [-0.15, -0.1) is 0 Å². The van der Waals surface area contributed by atoms with Crippen molar-refractivity contribution in [3.63, 3.8) is 0 Å². The van der Waals surface area contributed by atoms with E-state index in [9.17, 15) is 0 Å². The Morgan fingerprint density at radius 3 is 2.38 bits per heavy atom. The quantitative estimate of drug-likeness (QED) is 0.862. The third-order valence-corrected chi connectivity index (χ3v) is 4.44. The minimum absolute atomic E-state index is 0.713. The lowest BCUT2D eigenvalue weighted by atomic mass is 10.1. The zero-order valence-electron chi connectivity index (χ0n) is 12.9. The molecule has 3 heteroatoms. The minimum atomic E-state index is 0.713. The van der Waals surface area contributed by atoms with Gasteiger partial charge in [0.05, 0.1) is 6.20 Å². The van der Waals surface area contributed by atoms with Crippen molar-refractivity contribution >= 4 is 0 Å². The number of benzene rings is 1. The molecule has 0 atom stereocenters. The van der Waals surface area contributed by atoms with Crippen LogP contribution in [0.5, 0.6) is 0 Å². The molecule has 1 aromatic heterocycles. The van der Waals surface area contributed by atoms with Gasteiger partial charge < -0.3 is 5.32 Å². The summed E-state index contributed by atoms with van der Waals surface area (Å²) in [4.78, 5) is 0. The average Bonchev–Trinajstić information content (AvgIpc) is 2.78. The number of nitrogens with zero attached hydrogens (tertiary/aromatic N) is 2. The van der Waals surface area contributed by atoms with Crippen molar-refractivity contribution in [3.8, 4) is 11.1 Å². The SMILES string of the molecule is Cn1cc(-c2ccc(CNC3CCCCCC3)cc2)cn1. The molecule has 0 bridgehead atoms. The zero-order valence-corrected chi connectivity index (χ0v) is 12.9. The van der Waals surface area contributed by atoms with E-state index in [0.29, 0.717) is 6.04 Å². The fourth-order valence-corrected chi connectivity index (χ4v) is 3.13. The molecule has 1 aromatic carbocycles. The van der Waals surface area contributed by atoms with Crippen molar-refractivity contribution in [2.75, 3.05) is 0 Å². The Labute approximate surface area is 127 Å². The molecule has 2 aromatic rings. The van der Waals surface area contributed by atoms with Gasteiger partial charge in [0.15, 0.2) is 0 Å². The van der Waals surface area contributed by atoms with Crippen LogP contribution in [0.2, 0.25) is 0 Å². The molecule has 0 radical (unpaired) electrons. The average molecular weight is 283 g/mol. The van der Waals surface area contributed by atoms with Crippen molar-refractivity contribution in [1.29, 1.82) is 0 Å². The molecular formula is C18H25N3. The molecule has 0 unspecified atom stereocenters. The molecule has 1 heterocycles. The van der Waals surface area contributed by atoms with Crippen LogP contribution in [0.1, 0.15) is 44.1 Å². The van der Waals surface area contributed by atoms with E-state index < -0.39 is 0 Å². The second-order valence-corrected chi connectivity index (χ2v) is 6.17. The van der Waals surface area contributed by atoms with Gasteiger partial charge in [-0.3, -0.25) is 4.68 Å². The second kappa shape index (κ2) is 6.90. The highest BCUT2D eigenvalue weighted by Crippen LogP contribution is 2.20. The normalized spacial score (nSPS) is 16.8. The Balaban J connectivity index is 1.56. The summed E-state index contributed by atoms with van der Waals surface area (Å²) in [5.41, 5.74) is 3.79. The molecule has 3 nitrogen and oxygen atoms in total. The molecule has 21 heavy (non-hydrogen) atoms. The summed E-state index contributed by atoms with van der Waals surface area (Å²) in [5, 5.41) is 7.95. The van der Waals surface area contributed by atoms with Crippen molar-refractivity contribution in [1.82, 2.24) is 15.1 Å². The predicted octanol–water partition coefficient (Wildman–Crippen LogP) is 3.90. The summed E-state index contributed by atoms with van der Waals surface area (Å²) in [6.07, 6.45) is 12.3. The zero-order chi connectivity index (χ0) is 14.5. The molecule has 0 saturated heterocycles. The van der Waals surface area contributed by atoms with Crippen molar-refractivity contribution in [3.05, 3.63) is 42.2 Å². The molecule has 112 valence electrons. The summed E-state index contributed by atoms with van der Waals surface area (Å²) in [7, 11) is 1.95. The smallest absolute Gasteiger partial charge is 0.0568 e. The van der Waals surface area contributed by atoms with E-state index >= 15 is 0 Å². The third-order valence-electron chi connectivity index (χ3n) is 4.44. The van der Waals surface area contributed by atoms with E-state index in [-0.39, 0.29) is 0 Å². The molecule has 0 aliphatic heterocycles. The molecule has 1 fully saturated rings. The van der Waals surface area contributed by atoms with E-state index in [2.05, 4.69) is 40.9 Å². The van der Waals surface area contributed by atoms with E-state index in [1.165, 1.54) is 55.2 Å². The molecule has 1 saturated carbocycles. The van der Waals surface area contributed by atoms with Crippen LogP contribution in [0.4, 0.5) is 0 Å². The first-order valence-corrected chi connectivity index (χ1v) is 8.12. The van der Waals surface area contributed by atoms with E-state index in [1.807, 2.05) is 17.9 Å². The molecule has 1 aliphatic carbocycles. The molecule has 1 aliphatic rings. The van der Waals surface area contributed by atoms with E-state index in [1.54, 1.807) is 0 Å². The summed E-state index contributed by atoms with van der Waals surface area (Å²) in [6.45, 7) is 0.984. The first kappa shape index (κ1) is 14.3. The van der Waals surface area contributed by atoms with Gasteiger partial charge in [-0.1, -0.05) is 49.9 Å². The van der Waals surface area contributed by atoms with Crippen molar-refractivity contribution < 1.29 is 0 Å². The highest BCUT2D eigenvalue weighted by molar-refractivity contribution is 5.61. The fourth-order valence-electron chi connectivity index (χ4n) is 3.13. The molecule has 1 N–H and O–H groups in total. The van der Waals surface area contributed by atoms with Crippen LogP contribution in [-0.2, 0) is 13.6 Å². The lowest BCUT2D eigenvalue weighted by molar-refractivity contribution is 0.459. The number of hydrogen-bond donors (Lipinski definition) is 1. The lowest BCUT2D eigenvalue weighted by Gasteiger charge is -2.16. The van der Waals surface area contributed by atoms with Crippen molar-refractivity contribution in [2.45, 2.75) is 51.1 Å². The highest BCUT2D eigenvalue weighted by atomic mass is 15.2.